The van der Waals surface area contributed by atoms with Crippen molar-refractivity contribution in [3.63, 3.8) is 0 Å². The maximum Gasteiger partial charge on any atom is 0.196 e. The molecule has 1 heterocycles. The highest BCUT2D eigenvalue weighted by molar-refractivity contribution is 5.86. The van der Waals surface area contributed by atoms with Crippen molar-refractivity contribution >= 4 is 11.6 Å². The van der Waals surface area contributed by atoms with Gasteiger partial charge in [-0.05, 0) is 19.4 Å². The van der Waals surface area contributed by atoms with Gasteiger partial charge in [0.15, 0.2) is 5.96 Å². The van der Waals surface area contributed by atoms with Crippen LogP contribution in [-0.2, 0) is 0 Å². The predicted molar refractivity (Wildman–Crippen MR) is 79.2 cm³/mol. The maximum absolute atomic E-state index is 5.89. The fourth-order valence-electron chi connectivity index (χ4n) is 2.21. The molecule has 19 heavy (non-hydrogen) atoms. The molecule has 1 atom stereocenters. The Morgan fingerprint density at radius 1 is 1.37 bits per heavy atom. The third-order valence-electron chi connectivity index (χ3n) is 3.32. The average molecular weight is 261 g/mol. The molecule has 0 radical (unpaired) electrons. The molecule has 0 spiro atoms. The van der Waals surface area contributed by atoms with Gasteiger partial charge in [-0.15, -0.1) is 0 Å². The van der Waals surface area contributed by atoms with Crippen LogP contribution >= 0.6 is 0 Å². The number of nitrogens with one attached hydrogen (secondary N) is 2. The van der Waals surface area contributed by atoms with Gasteiger partial charge in [0.1, 0.15) is 11.4 Å². The number of unbranched alkanes of at least 4 members (excludes halogenated alkanes) is 2. The Labute approximate surface area is 115 Å². The summed E-state index contributed by atoms with van der Waals surface area (Å²) in [5.41, 5.74) is 2.14. The number of fused-ring (bicyclic) bond motifs is 1. The minimum atomic E-state index is 0.245. The molecule has 1 unspecified atom stereocenters. The zero-order chi connectivity index (χ0) is 13.7. The van der Waals surface area contributed by atoms with Crippen LogP contribution < -0.4 is 15.4 Å². The third-order valence-corrected chi connectivity index (χ3v) is 3.32. The molecule has 0 saturated carbocycles. The van der Waals surface area contributed by atoms with Crippen LogP contribution in [-0.4, -0.2) is 19.6 Å². The van der Waals surface area contributed by atoms with Crippen molar-refractivity contribution in [2.75, 3.05) is 13.7 Å². The summed E-state index contributed by atoms with van der Waals surface area (Å²) in [5.74, 6) is 1.68. The summed E-state index contributed by atoms with van der Waals surface area (Å²) >= 11 is 0. The van der Waals surface area contributed by atoms with Crippen LogP contribution in [0, 0.1) is 0 Å². The van der Waals surface area contributed by atoms with Gasteiger partial charge >= 0.3 is 0 Å². The Kier molecular flexibility index (Phi) is 4.66. The van der Waals surface area contributed by atoms with Crippen LogP contribution in [0.4, 0.5) is 5.69 Å². The van der Waals surface area contributed by atoms with Crippen LogP contribution in [0.1, 0.15) is 44.7 Å². The van der Waals surface area contributed by atoms with Crippen LogP contribution in [0.15, 0.2) is 23.2 Å². The third kappa shape index (κ3) is 3.19. The first-order valence-electron chi connectivity index (χ1n) is 7.05. The molecule has 1 aromatic rings. The first-order valence-corrected chi connectivity index (χ1v) is 7.05. The normalized spacial score (nSPS) is 17.2. The summed E-state index contributed by atoms with van der Waals surface area (Å²) < 4.78 is 5.89. The summed E-state index contributed by atoms with van der Waals surface area (Å²) in [6.45, 7) is 5.09. The number of hydrogen-bond acceptors (Lipinski definition) is 4. The second-order valence-corrected chi connectivity index (χ2v) is 4.83. The number of para-hydroxylation sites is 1. The molecule has 104 valence electrons. The second kappa shape index (κ2) is 6.45. The number of ether oxygens (including phenoxy) is 1. The minimum Gasteiger partial charge on any atom is -0.491 e. The van der Waals surface area contributed by atoms with Gasteiger partial charge in [-0.25, -0.2) is 4.99 Å². The number of hydrogen-bond donors (Lipinski definition) is 2. The van der Waals surface area contributed by atoms with Crippen LogP contribution in [0.25, 0.3) is 0 Å². The van der Waals surface area contributed by atoms with E-state index in [1.54, 1.807) is 0 Å². The topological polar surface area (TPSA) is 45.6 Å². The zero-order valence-corrected chi connectivity index (χ0v) is 12.0. The molecule has 0 saturated heterocycles. The summed E-state index contributed by atoms with van der Waals surface area (Å²) in [4.78, 5) is 4.58. The van der Waals surface area contributed by atoms with Crippen LogP contribution in [0.3, 0.4) is 0 Å². The van der Waals surface area contributed by atoms with Crippen molar-refractivity contribution < 1.29 is 4.74 Å². The Bertz CT molecular complexity index is 457. The van der Waals surface area contributed by atoms with Crippen LogP contribution in [0.2, 0.25) is 0 Å². The van der Waals surface area contributed by atoms with Gasteiger partial charge in [-0.2, -0.15) is 0 Å². The Hall–Kier alpha value is -1.71. The SMILES string of the molecule is CCCCCOc1cccc2c1N=C(NC)NC2C. The summed E-state index contributed by atoms with van der Waals surface area (Å²) in [6, 6.07) is 6.38. The van der Waals surface area contributed by atoms with Gasteiger partial charge in [0.25, 0.3) is 0 Å². The van der Waals surface area contributed by atoms with Crippen molar-refractivity contribution in [1.82, 2.24) is 10.6 Å². The number of rotatable bonds is 5. The van der Waals surface area contributed by atoms with Crippen molar-refractivity contribution in [2.45, 2.75) is 39.2 Å². The highest BCUT2D eigenvalue weighted by atomic mass is 16.5. The lowest BCUT2D eigenvalue weighted by Gasteiger charge is -2.25. The molecule has 0 amide bonds. The molecule has 4 nitrogen and oxygen atoms in total. The summed E-state index contributed by atoms with van der Waals surface area (Å²) in [7, 11) is 1.87. The van der Waals surface area contributed by atoms with Crippen molar-refractivity contribution in [1.29, 1.82) is 0 Å². The largest absolute Gasteiger partial charge is 0.491 e. The molecule has 2 N–H and O–H groups in total. The van der Waals surface area contributed by atoms with Gasteiger partial charge in [0.05, 0.1) is 12.6 Å². The van der Waals surface area contributed by atoms with E-state index >= 15 is 0 Å². The fraction of sp³-hybridized carbons (Fsp3) is 0.533. The standard InChI is InChI=1S/C15H23N3O/c1-4-5-6-10-19-13-9-7-8-12-11(2)17-15(16-3)18-14(12)13/h7-9,11H,4-6,10H2,1-3H3,(H2,16,17,18). The minimum absolute atomic E-state index is 0.245. The lowest BCUT2D eigenvalue weighted by Crippen LogP contribution is -2.38. The first kappa shape index (κ1) is 13.7. The van der Waals surface area contributed by atoms with Gasteiger partial charge in [-0.1, -0.05) is 31.9 Å². The van der Waals surface area contributed by atoms with E-state index in [2.05, 4.69) is 35.5 Å². The molecule has 1 aliphatic heterocycles. The first-order chi connectivity index (χ1) is 9.26. The highest BCUT2D eigenvalue weighted by Crippen LogP contribution is 2.37. The van der Waals surface area contributed by atoms with Gasteiger partial charge in [-0.3, -0.25) is 0 Å². The molecule has 0 aliphatic carbocycles. The fourth-order valence-corrected chi connectivity index (χ4v) is 2.21. The van der Waals surface area contributed by atoms with E-state index in [0.29, 0.717) is 0 Å². The lowest BCUT2D eigenvalue weighted by molar-refractivity contribution is 0.306. The molecular formula is C15H23N3O. The molecule has 0 bridgehead atoms. The van der Waals surface area contributed by atoms with Gasteiger partial charge in [0, 0.05) is 12.6 Å². The van der Waals surface area contributed by atoms with E-state index in [0.717, 1.165) is 30.4 Å². The molecule has 0 fully saturated rings. The monoisotopic (exact) mass is 261 g/mol. The Morgan fingerprint density at radius 3 is 2.95 bits per heavy atom. The van der Waals surface area contributed by atoms with Gasteiger partial charge in [0.2, 0.25) is 0 Å². The molecule has 0 aromatic heterocycles. The number of aliphatic imine (C=N–C) groups is 1. The predicted octanol–water partition coefficient (Wildman–Crippen LogP) is 3.13. The van der Waals surface area contributed by atoms with E-state index in [1.165, 1.54) is 18.4 Å². The van der Waals surface area contributed by atoms with Crippen molar-refractivity contribution in [3.8, 4) is 5.75 Å². The van der Waals surface area contributed by atoms with E-state index in [-0.39, 0.29) is 6.04 Å². The number of nitrogens with zero attached hydrogens (tertiary/aromatic N) is 1. The van der Waals surface area contributed by atoms with Gasteiger partial charge < -0.3 is 15.4 Å². The zero-order valence-electron chi connectivity index (χ0n) is 12.0. The van der Waals surface area contributed by atoms with Crippen molar-refractivity contribution in [3.05, 3.63) is 23.8 Å². The Morgan fingerprint density at radius 2 is 2.21 bits per heavy atom. The van der Waals surface area contributed by atoms with E-state index < -0.39 is 0 Å². The molecule has 4 heteroatoms. The maximum atomic E-state index is 5.89. The second-order valence-electron chi connectivity index (χ2n) is 4.83. The summed E-state index contributed by atoms with van der Waals surface area (Å²) in [5, 5.41) is 6.37. The molecular weight excluding hydrogens is 238 g/mol. The van der Waals surface area contributed by atoms with E-state index in [4.69, 9.17) is 4.74 Å². The Balaban J connectivity index is 2.17. The highest BCUT2D eigenvalue weighted by Gasteiger charge is 2.20. The van der Waals surface area contributed by atoms with Crippen molar-refractivity contribution in [2.24, 2.45) is 4.99 Å². The quantitative estimate of drug-likeness (QED) is 0.800. The smallest absolute Gasteiger partial charge is 0.196 e. The number of guanidine groups is 1. The van der Waals surface area contributed by atoms with Crippen LogP contribution in [0.5, 0.6) is 5.75 Å². The number of benzene rings is 1. The summed E-state index contributed by atoms with van der Waals surface area (Å²) in [6.07, 6.45) is 3.51. The lowest BCUT2D eigenvalue weighted by atomic mass is 10.0. The van der Waals surface area contributed by atoms with E-state index in [9.17, 15) is 0 Å². The van der Waals surface area contributed by atoms with E-state index in [1.807, 2.05) is 19.2 Å². The molecule has 1 aliphatic rings. The molecule has 1 aromatic carbocycles. The average Bonchev–Trinajstić information content (AvgIpc) is 2.44. The molecule has 2 rings (SSSR count).